The Kier molecular flexibility index (Phi) is 7.21. The first-order valence-electron chi connectivity index (χ1n) is 16.4. The predicted octanol–water partition coefficient (Wildman–Crippen LogP) is 11.9. The van der Waals surface area contributed by atoms with Crippen LogP contribution in [0.4, 0.5) is 34.1 Å². The van der Waals surface area contributed by atoms with Crippen molar-refractivity contribution in [3.63, 3.8) is 0 Å². The summed E-state index contributed by atoms with van der Waals surface area (Å²) in [5.74, 6) is 0. The highest BCUT2D eigenvalue weighted by Crippen LogP contribution is 2.47. The van der Waals surface area contributed by atoms with Crippen molar-refractivity contribution in [1.29, 1.82) is 5.26 Å². The minimum Gasteiger partial charge on any atom is -0.310 e. The second kappa shape index (κ2) is 11.7. The Labute approximate surface area is 282 Å². The fraction of sp³-hybridized carbons (Fsp3) is 0.0682. The molecule has 0 saturated heterocycles. The van der Waals surface area contributed by atoms with Gasteiger partial charge in [-0.25, -0.2) is 0 Å². The van der Waals surface area contributed by atoms with E-state index < -0.39 is 8.07 Å². The molecule has 0 bridgehead atoms. The molecule has 0 aliphatic heterocycles. The quantitative estimate of drug-likeness (QED) is 0.129. The number of nitrogens with zero attached hydrogens (tertiary/aromatic N) is 3. The van der Waals surface area contributed by atoms with Crippen LogP contribution in [-0.4, -0.2) is 8.07 Å². The minimum atomic E-state index is -1.76. The van der Waals surface area contributed by atoms with E-state index in [0.717, 1.165) is 28.4 Å². The van der Waals surface area contributed by atoms with Crippen LogP contribution in [0.3, 0.4) is 0 Å². The summed E-state index contributed by atoms with van der Waals surface area (Å²) >= 11 is 0. The molecule has 0 aliphatic rings. The van der Waals surface area contributed by atoms with Gasteiger partial charge in [0.25, 0.3) is 0 Å². The molecule has 0 radical (unpaired) electrons. The molecule has 0 fully saturated rings. The highest BCUT2D eigenvalue weighted by Gasteiger charge is 2.26. The molecule has 0 amide bonds. The van der Waals surface area contributed by atoms with Crippen LogP contribution in [0.5, 0.6) is 0 Å². The highest BCUT2D eigenvalue weighted by atomic mass is 28.3. The van der Waals surface area contributed by atoms with Crippen molar-refractivity contribution < 1.29 is 0 Å². The number of benzene rings is 8. The lowest BCUT2D eigenvalue weighted by molar-refractivity contribution is 1.30. The molecule has 8 aromatic carbocycles. The van der Waals surface area contributed by atoms with Crippen LogP contribution in [-0.2, 0) is 0 Å². The first kappa shape index (κ1) is 29.5. The summed E-state index contributed by atoms with van der Waals surface area (Å²) in [5.41, 5.74) is 7.27. The van der Waals surface area contributed by atoms with E-state index in [1.165, 1.54) is 43.2 Å². The van der Waals surface area contributed by atoms with Crippen molar-refractivity contribution in [2.75, 3.05) is 9.80 Å². The Morgan fingerprint density at radius 2 is 0.958 bits per heavy atom. The summed E-state index contributed by atoms with van der Waals surface area (Å²) in [7, 11) is -1.76. The van der Waals surface area contributed by atoms with Gasteiger partial charge in [-0.3, -0.25) is 0 Å². The molecule has 0 heterocycles. The molecule has 0 atom stereocenters. The Bertz CT molecular complexity index is 2420. The highest BCUT2D eigenvalue weighted by molar-refractivity contribution is 6.89. The van der Waals surface area contributed by atoms with Gasteiger partial charge < -0.3 is 9.80 Å². The van der Waals surface area contributed by atoms with Crippen LogP contribution in [0.15, 0.2) is 158 Å². The fourth-order valence-corrected chi connectivity index (χ4v) is 8.73. The Morgan fingerprint density at radius 3 is 1.52 bits per heavy atom. The third kappa shape index (κ3) is 4.97. The molecule has 0 aliphatic carbocycles. The Balaban J connectivity index is 1.43. The third-order valence-electron chi connectivity index (χ3n) is 9.32. The van der Waals surface area contributed by atoms with Crippen LogP contribution in [0.2, 0.25) is 19.6 Å². The van der Waals surface area contributed by atoms with Crippen molar-refractivity contribution in [2.45, 2.75) is 19.6 Å². The summed E-state index contributed by atoms with van der Waals surface area (Å²) < 4.78 is 0. The van der Waals surface area contributed by atoms with Gasteiger partial charge in [-0.05, 0) is 87.4 Å². The van der Waals surface area contributed by atoms with Gasteiger partial charge in [0.1, 0.15) is 0 Å². The van der Waals surface area contributed by atoms with E-state index in [1.54, 1.807) is 0 Å². The van der Waals surface area contributed by atoms with Gasteiger partial charge in [-0.1, -0.05) is 117 Å². The van der Waals surface area contributed by atoms with E-state index in [4.69, 9.17) is 0 Å². The molecule has 0 spiro atoms. The lowest BCUT2D eigenvalue weighted by atomic mass is 9.91. The Morgan fingerprint density at radius 1 is 0.458 bits per heavy atom. The van der Waals surface area contributed by atoms with Gasteiger partial charge in [-0.15, -0.1) is 0 Å². The van der Waals surface area contributed by atoms with E-state index in [2.05, 4.69) is 175 Å². The van der Waals surface area contributed by atoms with Crippen LogP contribution >= 0.6 is 0 Å². The maximum Gasteiger partial charge on any atom is 0.0992 e. The molecule has 0 saturated carbocycles. The van der Waals surface area contributed by atoms with Crippen molar-refractivity contribution in [3.05, 3.63) is 163 Å². The van der Waals surface area contributed by atoms with Gasteiger partial charge in [-0.2, -0.15) is 5.26 Å². The second-order valence-corrected chi connectivity index (χ2v) is 18.4. The van der Waals surface area contributed by atoms with E-state index in [-0.39, 0.29) is 0 Å². The van der Waals surface area contributed by atoms with E-state index in [1.807, 2.05) is 18.2 Å². The summed E-state index contributed by atoms with van der Waals surface area (Å²) in [4.78, 5) is 4.73. The standard InChI is InChI=1S/C44H35N3Si/c1-48(2,3)42-20-11-10-19-41(42)47(36-18-12-13-31(29-36)30-45)40-28-24-33-21-25-37-39(27-23-32-22-26-38(40)44(33)43(32)37)46(34-14-6-4-7-15-34)35-16-8-5-9-17-35/h4-29H,1-3H3. The smallest absolute Gasteiger partial charge is 0.0992 e. The second-order valence-electron chi connectivity index (χ2n) is 13.4. The van der Waals surface area contributed by atoms with Crippen molar-refractivity contribution >= 4 is 79.7 Å². The van der Waals surface area contributed by atoms with Gasteiger partial charge in [0.2, 0.25) is 0 Å². The van der Waals surface area contributed by atoms with Crippen LogP contribution in [0.25, 0.3) is 32.3 Å². The molecule has 230 valence electrons. The van der Waals surface area contributed by atoms with Crippen molar-refractivity contribution in [3.8, 4) is 6.07 Å². The number of para-hydroxylation sites is 3. The average molecular weight is 634 g/mol. The normalized spacial score (nSPS) is 11.6. The van der Waals surface area contributed by atoms with E-state index in [0.29, 0.717) is 5.56 Å². The largest absolute Gasteiger partial charge is 0.310 e. The van der Waals surface area contributed by atoms with E-state index >= 15 is 0 Å². The average Bonchev–Trinajstić information content (AvgIpc) is 3.12. The first-order chi connectivity index (χ1) is 23.4. The molecule has 3 nitrogen and oxygen atoms in total. The summed E-state index contributed by atoms with van der Waals surface area (Å²) in [5, 5.41) is 18.6. The molecule has 0 unspecified atom stereocenters. The number of rotatable bonds is 7. The summed E-state index contributed by atoms with van der Waals surface area (Å²) in [6, 6.07) is 58.5. The molecular formula is C44H35N3Si. The van der Waals surface area contributed by atoms with Gasteiger partial charge >= 0.3 is 0 Å². The maximum atomic E-state index is 9.90. The number of hydrogen-bond acceptors (Lipinski definition) is 3. The number of anilines is 6. The predicted molar refractivity (Wildman–Crippen MR) is 207 cm³/mol. The fourth-order valence-electron chi connectivity index (χ4n) is 7.17. The van der Waals surface area contributed by atoms with Crippen molar-refractivity contribution in [1.82, 2.24) is 0 Å². The maximum absolute atomic E-state index is 9.90. The van der Waals surface area contributed by atoms with Gasteiger partial charge in [0.15, 0.2) is 0 Å². The summed E-state index contributed by atoms with van der Waals surface area (Å²) in [6.07, 6.45) is 0. The monoisotopic (exact) mass is 633 g/mol. The lowest BCUT2D eigenvalue weighted by Crippen LogP contribution is -2.40. The minimum absolute atomic E-state index is 0.646. The van der Waals surface area contributed by atoms with Crippen LogP contribution in [0, 0.1) is 11.3 Å². The number of nitriles is 1. The molecule has 48 heavy (non-hydrogen) atoms. The van der Waals surface area contributed by atoms with Gasteiger partial charge in [0.05, 0.1) is 31.1 Å². The molecule has 0 N–H and O–H groups in total. The van der Waals surface area contributed by atoms with Crippen LogP contribution < -0.4 is 15.0 Å². The van der Waals surface area contributed by atoms with Gasteiger partial charge in [0, 0.05) is 33.5 Å². The zero-order valence-corrected chi connectivity index (χ0v) is 28.4. The zero-order valence-electron chi connectivity index (χ0n) is 27.4. The Hall–Kier alpha value is -5.89. The molecule has 4 heteroatoms. The molecular weight excluding hydrogens is 599 g/mol. The number of hydrogen-bond donors (Lipinski definition) is 0. The van der Waals surface area contributed by atoms with E-state index in [9.17, 15) is 5.26 Å². The van der Waals surface area contributed by atoms with Crippen molar-refractivity contribution in [2.24, 2.45) is 0 Å². The molecule has 8 rings (SSSR count). The first-order valence-corrected chi connectivity index (χ1v) is 19.9. The molecule has 0 aromatic heterocycles. The lowest BCUT2D eigenvalue weighted by Gasteiger charge is -2.32. The molecule has 8 aromatic rings. The zero-order chi connectivity index (χ0) is 32.8. The van der Waals surface area contributed by atoms with Crippen LogP contribution in [0.1, 0.15) is 5.56 Å². The topological polar surface area (TPSA) is 30.3 Å². The summed E-state index contributed by atoms with van der Waals surface area (Å²) in [6.45, 7) is 7.19. The third-order valence-corrected chi connectivity index (χ3v) is 11.4. The SMILES string of the molecule is C[Si](C)(C)c1ccccc1N(c1cccc(C#N)c1)c1ccc2ccc3c(N(c4ccccc4)c4ccccc4)ccc4ccc1c2c43.